The zero-order valence-corrected chi connectivity index (χ0v) is 14.4. The zero-order chi connectivity index (χ0) is 17.8. The quantitative estimate of drug-likeness (QED) is 0.654. The molecule has 0 unspecified atom stereocenters. The summed E-state index contributed by atoms with van der Waals surface area (Å²) in [6.45, 7) is 2.32. The fourth-order valence-electron chi connectivity index (χ4n) is 2.41. The van der Waals surface area contributed by atoms with Gasteiger partial charge in [-0.1, -0.05) is 30.7 Å². The summed E-state index contributed by atoms with van der Waals surface area (Å²) in [7, 11) is 0. The molecule has 0 radical (unpaired) electrons. The minimum Gasteiger partial charge on any atom is -0.462 e. The molecule has 0 saturated heterocycles. The summed E-state index contributed by atoms with van der Waals surface area (Å²) in [4.78, 5) is 27.2. The second kappa shape index (κ2) is 7.40. The highest BCUT2D eigenvalue weighted by atomic mass is 35.5. The minimum absolute atomic E-state index is 0.284. The monoisotopic (exact) mass is 356 g/mol. The van der Waals surface area contributed by atoms with Crippen LogP contribution in [0.4, 0.5) is 5.69 Å². The number of H-pyrrole nitrogens is 1. The smallest absolute Gasteiger partial charge is 0.338 e. The third-order valence-corrected chi connectivity index (χ3v) is 3.98. The second-order valence-electron chi connectivity index (χ2n) is 5.55. The number of para-hydroxylation sites is 1. The number of carbonyl (C=O) groups is 2. The molecule has 0 aliphatic heterocycles. The highest BCUT2D eigenvalue weighted by molar-refractivity contribution is 6.35. The average Bonchev–Trinajstić information content (AvgIpc) is 3.06. The fraction of sp³-hybridized carbons (Fsp3) is 0.158. The number of rotatable bonds is 5. The molecule has 0 atom stereocenters. The molecule has 5 nitrogen and oxygen atoms in total. The van der Waals surface area contributed by atoms with Crippen molar-refractivity contribution in [1.29, 1.82) is 0 Å². The summed E-state index contributed by atoms with van der Waals surface area (Å²) in [6, 6.07) is 13.8. The van der Waals surface area contributed by atoms with Gasteiger partial charge in [0.15, 0.2) is 0 Å². The third kappa shape index (κ3) is 3.83. The highest BCUT2D eigenvalue weighted by Gasteiger charge is 2.12. The number of carbonyl (C=O) groups excluding carboxylic acids is 2. The molecule has 0 spiro atoms. The Bertz CT molecular complexity index is 916. The lowest BCUT2D eigenvalue weighted by Gasteiger charge is -2.06. The molecule has 3 rings (SSSR count). The van der Waals surface area contributed by atoms with E-state index in [4.69, 9.17) is 16.3 Å². The molecule has 1 amide bonds. The van der Waals surface area contributed by atoms with Crippen LogP contribution in [-0.2, 0) is 4.74 Å². The Morgan fingerprint density at radius 1 is 1.16 bits per heavy atom. The number of amides is 1. The van der Waals surface area contributed by atoms with E-state index in [1.807, 2.05) is 19.1 Å². The number of nitrogens with one attached hydrogen (secondary N) is 2. The Kier molecular flexibility index (Phi) is 5.05. The topological polar surface area (TPSA) is 71.2 Å². The maximum atomic E-state index is 12.4. The zero-order valence-electron chi connectivity index (χ0n) is 13.6. The lowest BCUT2D eigenvalue weighted by Crippen LogP contribution is -2.12. The van der Waals surface area contributed by atoms with Gasteiger partial charge < -0.3 is 15.0 Å². The van der Waals surface area contributed by atoms with Gasteiger partial charge in [0, 0.05) is 11.1 Å². The normalized spacial score (nSPS) is 10.6. The number of aromatic nitrogens is 1. The average molecular weight is 357 g/mol. The summed E-state index contributed by atoms with van der Waals surface area (Å²) in [5.41, 5.74) is 2.17. The van der Waals surface area contributed by atoms with Gasteiger partial charge in [-0.25, -0.2) is 4.79 Å². The number of ether oxygens (including phenoxy) is 1. The van der Waals surface area contributed by atoms with Gasteiger partial charge in [-0.05, 0) is 42.8 Å². The Balaban J connectivity index is 1.71. The fourth-order valence-corrected chi connectivity index (χ4v) is 2.64. The first-order chi connectivity index (χ1) is 12.1. The van der Waals surface area contributed by atoms with Crippen LogP contribution in [0.3, 0.4) is 0 Å². The van der Waals surface area contributed by atoms with Gasteiger partial charge in [0.25, 0.3) is 5.91 Å². The maximum Gasteiger partial charge on any atom is 0.338 e. The van der Waals surface area contributed by atoms with Crippen molar-refractivity contribution in [1.82, 2.24) is 4.98 Å². The van der Waals surface area contributed by atoms with Crippen molar-refractivity contribution in [2.24, 2.45) is 0 Å². The van der Waals surface area contributed by atoms with E-state index in [-0.39, 0.29) is 11.9 Å². The summed E-state index contributed by atoms with van der Waals surface area (Å²) in [6.07, 6.45) is 0.772. The standard InChI is InChI=1S/C19H17ClN2O3/c1-2-10-25-19(24)12-6-8-14(9-7-12)21-18(23)16-11-13-4-3-5-15(20)17(13)22-16/h3-9,11,22H,2,10H2,1H3,(H,21,23). The van der Waals surface area contributed by atoms with E-state index in [1.54, 1.807) is 36.4 Å². The van der Waals surface area contributed by atoms with E-state index >= 15 is 0 Å². The van der Waals surface area contributed by atoms with E-state index < -0.39 is 0 Å². The van der Waals surface area contributed by atoms with Crippen LogP contribution >= 0.6 is 11.6 Å². The van der Waals surface area contributed by atoms with Gasteiger partial charge in [0.1, 0.15) is 5.69 Å². The summed E-state index contributed by atoms with van der Waals surface area (Å²) < 4.78 is 5.07. The molecule has 0 fully saturated rings. The maximum absolute atomic E-state index is 12.4. The van der Waals surface area contributed by atoms with Crippen LogP contribution in [0.2, 0.25) is 5.02 Å². The molecule has 1 heterocycles. The molecule has 128 valence electrons. The molecular formula is C19H17ClN2O3. The Morgan fingerprint density at radius 3 is 2.60 bits per heavy atom. The van der Waals surface area contributed by atoms with Gasteiger partial charge in [-0.3, -0.25) is 4.79 Å². The number of esters is 1. The van der Waals surface area contributed by atoms with Crippen LogP contribution in [0.5, 0.6) is 0 Å². The van der Waals surface area contributed by atoms with E-state index in [0.717, 1.165) is 17.3 Å². The van der Waals surface area contributed by atoms with Crippen molar-refractivity contribution in [2.75, 3.05) is 11.9 Å². The molecule has 0 saturated carbocycles. The van der Waals surface area contributed by atoms with E-state index in [1.165, 1.54) is 0 Å². The van der Waals surface area contributed by atoms with Crippen LogP contribution in [0, 0.1) is 0 Å². The summed E-state index contributed by atoms with van der Waals surface area (Å²) in [5, 5.41) is 4.21. The summed E-state index contributed by atoms with van der Waals surface area (Å²) in [5.74, 6) is -0.654. The molecule has 2 aromatic carbocycles. The number of anilines is 1. The van der Waals surface area contributed by atoms with Crippen molar-refractivity contribution in [3.63, 3.8) is 0 Å². The van der Waals surface area contributed by atoms with Crippen molar-refractivity contribution in [2.45, 2.75) is 13.3 Å². The number of halogens is 1. The number of hydrogen-bond acceptors (Lipinski definition) is 3. The van der Waals surface area contributed by atoms with Crippen LogP contribution in [-0.4, -0.2) is 23.5 Å². The van der Waals surface area contributed by atoms with E-state index in [2.05, 4.69) is 10.3 Å². The molecule has 3 aromatic rings. The molecule has 2 N–H and O–H groups in total. The highest BCUT2D eigenvalue weighted by Crippen LogP contribution is 2.24. The Hall–Kier alpha value is -2.79. The molecule has 0 aliphatic rings. The number of fused-ring (bicyclic) bond motifs is 1. The predicted octanol–water partition coefficient (Wildman–Crippen LogP) is 4.64. The van der Waals surface area contributed by atoms with Gasteiger partial charge in [-0.15, -0.1) is 0 Å². The Morgan fingerprint density at radius 2 is 1.92 bits per heavy atom. The predicted molar refractivity (Wildman–Crippen MR) is 98.3 cm³/mol. The first kappa shape index (κ1) is 17.0. The third-order valence-electron chi connectivity index (χ3n) is 3.67. The SMILES string of the molecule is CCCOC(=O)c1ccc(NC(=O)c2cc3cccc(Cl)c3[nH]2)cc1. The van der Waals surface area contributed by atoms with Gasteiger partial charge in [0.2, 0.25) is 0 Å². The van der Waals surface area contributed by atoms with Crippen LogP contribution < -0.4 is 5.32 Å². The van der Waals surface area contributed by atoms with Crippen LogP contribution in [0.1, 0.15) is 34.2 Å². The van der Waals surface area contributed by atoms with Crippen molar-refractivity contribution < 1.29 is 14.3 Å². The number of aromatic amines is 1. The molecule has 1 aromatic heterocycles. The van der Waals surface area contributed by atoms with Crippen molar-refractivity contribution in [3.05, 3.63) is 64.8 Å². The van der Waals surface area contributed by atoms with Gasteiger partial charge >= 0.3 is 5.97 Å². The van der Waals surface area contributed by atoms with Gasteiger partial charge in [0.05, 0.1) is 22.7 Å². The molecule has 0 aliphatic carbocycles. The largest absolute Gasteiger partial charge is 0.462 e. The van der Waals surface area contributed by atoms with Crippen LogP contribution in [0.25, 0.3) is 10.9 Å². The second-order valence-corrected chi connectivity index (χ2v) is 5.96. The lowest BCUT2D eigenvalue weighted by molar-refractivity contribution is 0.0505. The number of benzene rings is 2. The number of hydrogen-bond donors (Lipinski definition) is 2. The molecular weight excluding hydrogens is 340 g/mol. The first-order valence-electron chi connectivity index (χ1n) is 7.94. The molecule has 6 heteroatoms. The van der Waals surface area contributed by atoms with Crippen molar-refractivity contribution >= 4 is 40.1 Å². The van der Waals surface area contributed by atoms with Crippen LogP contribution in [0.15, 0.2) is 48.5 Å². The lowest BCUT2D eigenvalue weighted by atomic mass is 10.2. The van der Waals surface area contributed by atoms with E-state index in [0.29, 0.717) is 28.6 Å². The Labute approximate surface area is 149 Å². The van der Waals surface area contributed by atoms with Crippen molar-refractivity contribution in [3.8, 4) is 0 Å². The molecule has 0 bridgehead atoms. The first-order valence-corrected chi connectivity index (χ1v) is 8.32. The van der Waals surface area contributed by atoms with E-state index in [9.17, 15) is 9.59 Å². The summed E-state index contributed by atoms with van der Waals surface area (Å²) >= 11 is 6.11. The van der Waals surface area contributed by atoms with Gasteiger partial charge in [-0.2, -0.15) is 0 Å². The minimum atomic E-state index is -0.370. The molecule has 25 heavy (non-hydrogen) atoms.